The highest BCUT2D eigenvalue weighted by Crippen LogP contribution is 2.35. The zero-order chi connectivity index (χ0) is 15.6. The number of anilines is 2. The number of benzene rings is 2. The number of carbonyl (C=O) groups is 1. The van der Waals surface area contributed by atoms with Gasteiger partial charge in [-0.25, -0.2) is 0 Å². The van der Waals surface area contributed by atoms with E-state index < -0.39 is 17.6 Å². The molecular formula is C14H10BrF3N2O. The molecule has 110 valence electrons. The predicted octanol–water partition coefficient (Wildman–Crippen LogP) is 4.30. The van der Waals surface area contributed by atoms with Gasteiger partial charge in [0.1, 0.15) is 0 Å². The van der Waals surface area contributed by atoms with Crippen LogP contribution in [0, 0.1) is 0 Å². The molecule has 0 fully saturated rings. The molecule has 0 bridgehead atoms. The number of alkyl halides is 3. The second kappa shape index (κ2) is 5.77. The minimum Gasteiger partial charge on any atom is -0.398 e. The smallest absolute Gasteiger partial charge is 0.398 e. The zero-order valence-electron chi connectivity index (χ0n) is 10.5. The minimum absolute atomic E-state index is 0.0253. The average molecular weight is 359 g/mol. The third kappa shape index (κ3) is 3.55. The van der Waals surface area contributed by atoms with Crippen LogP contribution in [0.25, 0.3) is 0 Å². The molecule has 0 aliphatic rings. The minimum atomic E-state index is -4.57. The number of nitrogens with one attached hydrogen (secondary N) is 1. The van der Waals surface area contributed by atoms with Gasteiger partial charge in [0.15, 0.2) is 0 Å². The fourth-order valence-electron chi connectivity index (χ4n) is 1.72. The summed E-state index contributed by atoms with van der Waals surface area (Å²) in [6.45, 7) is 0. The predicted molar refractivity (Wildman–Crippen MR) is 78.0 cm³/mol. The van der Waals surface area contributed by atoms with Crippen molar-refractivity contribution in [2.45, 2.75) is 6.18 Å². The summed E-state index contributed by atoms with van der Waals surface area (Å²) in [6.07, 6.45) is -4.57. The first-order chi connectivity index (χ1) is 9.79. The van der Waals surface area contributed by atoms with E-state index >= 15 is 0 Å². The van der Waals surface area contributed by atoms with Crippen LogP contribution >= 0.6 is 15.9 Å². The van der Waals surface area contributed by atoms with E-state index in [1.54, 1.807) is 24.3 Å². The van der Waals surface area contributed by atoms with Crippen LogP contribution in [0.15, 0.2) is 46.9 Å². The van der Waals surface area contributed by atoms with Crippen LogP contribution in [0.4, 0.5) is 24.5 Å². The molecule has 0 heterocycles. The van der Waals surface area contributed by atoms with Gasteiger partial charge >= 0.3 is 6.18 Å². The second-order valence-electron chi connectivity index (χ2n) is 4.23. The molecule has 0 saturated carbocycles. The van der Waals surface area contributed by atoms with E-state index in [1.807, 2.05) is 0 Å². The van der Waals surface area contributed by atoms with Crippen molar-refractivity contribution in [3.8, 4) is 0 Å². The molecule has 2 aromatic rings. The topological polar surface area (TPSA) is 55.1 Å². The Morgan fingerprint density at radius 1 is 1.14 bits per heavy atom. The lowest BCUT2D eigenvalue weighted by atomic mass is 10.1. The van der Waals surface area contributed by atoms with Gasteiger partial charge in [-0.15, -0.1) is 0 Å². The molecule has 0 aromatic heterocycles. The molecule has 0 aliphatic heterocycles. The normalized spacial score (nSPS) is 11.2. The van der Waals surface area contributed by atoms with Crippen molar-refractivity contribution in [3.63, 3.8) is 0 Å². The lowest BCUT2D eigenvalue weighted by molar-refractivity contribution is -0.136. The summed E-state index contributed by atoms with van der Waals surface area (Å²) in [4.78, 5) is 12.0. The van der Waals surface area contributed by atoms with Crippen LogP contribution in [0.3, 0.4) is 0 Å². The Balaban J connectivity index is 2.29. The summed E-state index contributed by atoms with van der Waals surface area (Å²) in [5.41, 5.74) is 4.28. The highest BCUT2D eigenvalue weighted by Gasteiger charge is 2.33. The number of halogens is 4. The van der Waals surface area contributed by atoms with Crippen molar-refractivity contribution in [1.82, 2.24) is 0 Å². The van der Waals surface area contributed by atoms with Crippen molar-refractivity contribution >= 4 is 33.2 Å². The summed E-state index contributed by atoms with van der Waals surface area (Å²) >= 11 is 3.21. The molecule has 0 atom stereocenters. The fraction of sp³-hybridized carbons (Fsp3) is 0.0714. The van der Waals surface area contributed by atoms with Crippen molar-refractivity contribution < 1.29 is 18.0 Å². The average Bonchev–Trinajstić information content (AvgIpc) is 2.40. The van der Waals surface area contributed by atoms with Gasteiger partial charge in [-0.2, -0.15) is 13.2 Å². The molecule has 0 saturated heterocycles. The van der Waals surface area contributed by atoms with Gasteiger partial charge in [0.25, 0.3) is 5.91 Å². The fourth-order valence-corrected chi connectivity index (χ4v) is 2.19. The summed E-state index contributed by atoms with van der Waals surface area (Å²) < 4.78 is 38.8. The van der Waals surface area contributed by atoms with Gasteiger partial charge in [0.2, 0.25) is 0 Å². The first-order valence-corrected chi connectivity index (χ1v) is 6.61. The maximum Gasteiger partial charge on any atom is 0.418 e. The third-order valence-corrected chi connectivity index (χ3v) is 3.43. The Morgan fingerprint density at radius 3 is 2.43 bits per heavy atom. The number of amides is 1. The van der Waals surface area contributed by atoms with Gasteiger partial charge in [0.05, 0.1) is 11.1 Å². The van der Waals surface area contributed by atoms with Gasteiger partial charge in [-0.1, -0.05) is 12.1 Å². The molecule has 1 amide bonds. The number of nitrogens with two attached hydrogens (primary N) is 1. The van der Waals surface area contributed by atoms with Crippen molar-refractivity contribution in [2.75, 3.05) is 11.1 Å². The molecule has 0 aliphatic carbocycles. The van der Waals surface area contributed by atoms with Crippen molar-refractivity contribution in [1.29, 1.82) is 0 Å². The van der Waals surface area contributed by atoms with Crippen LogP contribution in [0.5, 0.6) is 0 Å². The number of nitrogen functional groups attached to an aromatic ring is 1. The Bertz CT molecular complexity index is 686. The van der Waals surface area contributed by atoms with Gasteiger partial charge < -0.3 is 11.1 Å². The largest absolute Gasteiger partial charge is 0.418 e. The Morgan fingerprint density at radius 2 is 1.81 bits per heavy atom. The van der Waals surface area contributed by atoms with Crippen LogP contribution in [0.2, 0.25) is 0 Å². The quantitative estimate of drug-likeness (QED) is 0.786. The lowest BCUT2D eigenvalue weighted by Crippen LogP contribution is -2.14. The molecule has 3 N–H and O–H groups in total. The zero-order valence-corrected chi connectivity index (χ0v) is 12.1. The number of carbonyl (C=O) groups excluding carboxylic acids is 1. The molecule has 2 rings (SSSR count). The molecule has 7 heteroatoms. The summed E-state index contributed by atoms with van der Waals surface area (Å²) in [6, 6.07) is 9.85. The van der Waals surface area contributed by atoms with E-state index in [9.17, 15) is 18.0 Å². The van der Waals surface area contributed by atoms with E-state index in [-0.39, 0.29) is 11.4 Å². The van der Waals surface area contributed by atoms with Gasteiger partial charge in [0, 0.05) is 15.8 Å². The highest BCUT2D eigenvalue weighted by molar-refractivity contribution is 9.10. The Kier molecular flexibility index (Phi) is 4.22. The SMILES string of the molecule is Nc1ccc(NC(=O)c2ccccc2Br)cc1C(F)(F)F. The lowest BCUT2D eigenvalue weighted by Gasteiger charge is -2.13. The Hall–Kier alpha value is -2.02. The van der Waals surface area contributed by atoms with Crippen LogP contribution in [-0.4, -0.2) is 5.91 Å². The molecule has 0 radical (unpaired) electrons. The first kappa shape index (κ1) is 15.4. The maximum absolute atomic E-state index is 12.8. The maximum atomic E-state index is 12.8. The van der Waals surface area contributed by atoms with Crippen molar-refractivity contribution in [2.24, 2.45) is 0 Å². The number of hydrogen-bond acceptors (Lipinski definition) is 2. The molecular weight excluding hydrogens is 349 g/mol. The molecule has 0 unspecified atom stereocenters. The highest BCUT2D eigenvalue weighted by atomic mass is 79.9. The van der Waals surface area contributed by atoms with Crippen LogP contribution in [0.1, 0.15) is 15.9 Å². The molecule has 3 nitrogen and oxygen atoms in total. The van der Waals surface area contributed by atoms with Gasteiger partial charge in [-0.3, -0.25) is 4.79 Å². The van der Waals surface area contributed by atoms with E-state index in [0.717, 1.165) is 12.1 Å². The number of rotatable bonds is 2. The van der Waals surface area contributed by atoms with E-state index in [4.69, 9.17) is 5.73 Å². The first-order valence-electron chi connectivity index (χ1n) is 5.81. The number of hydrogen-bond donors (Lipinski definition) is 2. The summed E-state index contributed by atoms with van der Waals surface area (Å²) in [7, 11) is 0. The molecule has 21 heavy (non-hydrogen) atoms. The third-order valence-electron chi connectivity index (χ3n) is 2.74. The molecule has 2 aromatic carbocycles. The van der Waals surface area contributed by atoms with Crippen LogP contribution < -0.4 is 11.1 Å². The summed E-state index contributed by atoms with van der Waals surface area (Å²) in [5, 5.41) is 2.41. The molecule has 0 spiro atoms. The van der Waals surface area contributed by atoms with E-state index in [1.165, 1.54) is 6.07 Å². The summed E-state index contributed by atoms with van der Waals surface area (Å²) in [5.74, 6) is -0.514. The van der Waals surface area contributed by atoms with Crippen LogP contribution in [-0.2, 0) is 6.18 Å². The second-order valence-corrected chi connectivity index (χ2v) is 5.09. The van der Waals surface area contributed by atoms with E-state index in [2.05, 4.69) is 21.2 Å². The van der Waals surface area contributed by atoms with E-state index in [0.29, 0.717) is 10.0 Å². The monoisotopic (exact) mass is 358 g/mol. The Labute approximate surface area is 127 Å². The standard InChI is InChI=1S/C14H10BrF3N2O/c15-11-4-2-1-3-9(11)13(21)20-8-5-6-12(19)10(7-8)14(16,17)18/h1-7H,19H2,(H,20,21). The van der Waals surface area contributed by atoms with Gasteiger partial charge in [-0.05, 0) is 46.3 Å². The van der Waals surface area contributed by atoms with Crippen molar-refractivity contribution in [3.05, 3.63) is 58.1 Å².